The fraction of sp³-hybridized carbons (Fsp3) is 0.222. The molecule has 0 aliphatic rings. The standard InChI is InChI=1S/C18H18FNO/c1-11-5-4-6-13-10-16(21-18(11)13)17(20-3)15-8-7-14(19)9-12(15)2/h4-10,17,20H,1-3H3. The van der Waals surface area contributed by atoms with E-state index in [1.165, 1.54) is 6.07 Å². The maximum Gasteiger partial charge on any atom is 0.137 e. The van der Waals surface area contributed by atoms with Crippen LogP contribution in [0, 0.1) is 19.7 Å². The number of nitrogens with one attached hydrogen (secondary N) is 1. The van der Waals surface area contributed by atoms with Crippen molar-refractivity contribution in [2.24, 2.45) is 0 Å². The first-order valence-corrected chi connectivity index (χ1v) is 7.02. The van der Waals surface area contributed by atoms with Crippen molar-refractivity contribution in [3.8, 4) is 0 Å². The molecule has 3 heteroatoms. The van der Waals surface area contributed by atoms with Gasteiger partial charge < -0.3 is 9.73 Å². The predicted octanol–water partition coefficient (Wildman–Crippen LogP) is 4.50. The van der Waals surface area contributed by atoms with E-state index in [0.717, 1.165) is 33.4 Å². The summed E-state index contributed by atoms with van der Waals surface area (Å²) in [6, 6.07) is 12.9. The number of hydrogen-bond donors (Lipinski definition) is 1. The number of para-hydroxylation sites is 1. The summed E-state index contributed by atoms with van der Waals surface area (Å²) in [7, 11) is 1.88. The van der Waals surface area contributed by atoms with Crippen LogP contribution in [0.1, 0.15) is 28.5 Å². The molecule has 2 nitrogen and oxygen atoms in total. The van der Waals surface area contributed by atoms with Gasteiger partial charge >= 0.3 is 0 Å². The van der Waals surface area contributed by atoms with Crippen LogP contribution in [0.25, 0.3) is 11.0 Å². The molecule has 1 unspecified atom stereocenters. The summed E-state index contributed by atoms with van der Waals surface area (Å²) in [5, 5.41) is 4.35. The van der Waals surface area contributed by atoms with Gasteiger partial charge in [0.25, 0.3) is 0 Å². The highest BCUT2D eigenvalue weighted by atomic mass is 19.1. The summed E-state index contributed by atoms with van der Waals surface area (Å²) in [5.74, 6) is 0.628. The Kier molecular flexibility index (Phi) is 3.52. The Morgan fingerprint density at radius 1 is 1.05 bits per heavy atom. The summed E-state index contributed by atoms with van der Waals surface area (Å²) >= 11 is 0. The fourth-order valence-electron chi connectivity index (χ4n) is 2.79. The van der Waals surface area contributed by atoms with E-state index in [9.17, 15) is 4.39 Å². The predicted molar refractivity (Wildman–Crippen MR) is 83.0 cm³/mol. The highest BCUT2D eigenvalue weighted by Gasteiger charge is 2.19. The van der Waals surface area contributed by atoms with E-state index in [1.807, 2.05) is 51.2 Å². The molecule has 0 aliphatic carbocycles. The van der Waals surface area contributed by atoms with E-state index in [0.29, 0.717) is 0 Å². The Labute approximate surface area is 123 Å². The second kappa shape index (κ2) is 5.34. The highest BCUT2D eigenvalue weighted by Crippen LogP contribution is 2.31. The maximum atomic E-state index is 13.3. The van der Waals surface area contributed by atoms with Gasteiger partial charge in [-0.1, -0.05) is 24.3 Å². The Hall–Kier alpha value is -2.13. The number of aryl methyl sites for hydroxylation is 2. The van der Waals surface area contributed by atoms with Crippen molar-refractivity contribution in [2.75, 3.05) is 7.05 Å². The zero-order valence-electron chi connectivity index (χ0n) is 12.4. The van der Waals surface area contributed by atoms with E-state index in [-0.39, 0.29) is 11.9 Å². The lowest BCUT2D eigenvalue weighted by Crippen LogP contribution is -2.18. The van der Waals surface area contributed by atoms with Gasteiger partial charge in [-0.25, -0.2) is 4.39 Å². The maximum absolute atomic E-state index is 13.3. The van der Waals surface area contributed by atoms with Crippen LogP contribution in [-0.4, -0.2) is 7.05 Å². The Morgan fingerprint density at radius 3 is 2.52 bits per heavy atom. The van der Waals surface area contributed by atoms with Crippen LogP contribution in [0.15, 0.2) is 46.9 Å². The molecule has 21 heavy (non-hydrogen) atoms. The second-order valence-corrected chi connectivity index (χ2v) is 5.36. The van der Waals surface area contributed by atoms with Crippen molar-refractivity contribution in [1.82, 2.24) is 5.32 Å². The van der Waals surface area contributed by atoms with Gasteiger partial charge in [0.2, 0.25) is 0 Å². The van der Waals surface area contributed by atoms with Gasteiger partial charge in [0, 0.05) is 5.39 Å². The van der Waals surface area contributed by atoms with Crippen molar-refractivity contribution in [3.63, 3.8) is 0 Å². The Balaban J connectivity index is 2.11. The molecule has 0 spiro atoms. The molecule has 1 aromatic heterocycles. The van der Waals surface area contributed by atoms with Gasteiger partial charge in [-0.3, -0.25) is 0 Å². The lowest BCUT2D eigenvalue weighted by Gasteiger charge is -2.16. The molecule has 0 bridgehead atoms. The molecule has 2 aromatic carbocycles. The molecule has 0 saturated carbocycles. The van der Waals surface area contributed by atoms with E-state index < -0.39 is 0 Å². The third-order valence-electron chi connectivity index (χ3n) is 3.88. The fourth-order valence-corrected chi connectivity index (χ4v) is 2.79. The minimum Gasteiger partial charge on any atom is -0.459 e. The third kappa shape index (κ3) is 2.45. The first kappa shape index (κ1) is 13.8. The first-order valence-electron chi connectivity index (χ1n) is 7.02. The van der Waals surface area contributed by atoms with Crippen LogP contribution in [0.4, 0.5) is 4.39 Å². The zero-order valence-corrected chi connectivity index (χ0v) is 12.4. The number of hydrogen-bond acceptors (Lipinski definition) is 2. The molecule has 3 rings (SSSR count). The average molecular weight is 283 g/mol. The summed E-state index contributed by atoms with van der Waals surface area (Å²) in [6.45, 7) is 3.95. The second-order valence-electron chi connectivity index (χ2n) is 5.36. The largest absolute Gasteiger partial charge is 0.459 e. The van der Waals surface area contributed by atoms with Crippen molar-refractivity contribution in [1.29, 1.82) is 0 Å². The van der Waals surface area contributed by atoms with Gasteiger partial charge in [-0.05, 0) is 55.8 Å². The lowest BCUT2D eigenvalue weighted by molar-refractivity contribution is 0.488. The van der Waals surface area contributed by atoms with E-state index in [2.05, 4.69) is 5.32 Å². The summed E-state index contributed by atoms with van der Waals surface area (Å²) in [6.07, 6.45) is 0. The summed E-state index contributed by atoms with van der Waals surface area (Å²) < 4.78 is 19.3. The Bertz CT molecular complexity index is 791. The van der Waals surface area contributed by atoms with Gasteiger partial charge in [0.1, 0.15) is 17.2 Å². The topological polar surface area (TPSA) is 25.2 Å². The Morgan fingerprint density at radius 2 is 1.86 bits per heavy atom. The van der Waals surface area contributed by atoms with Crippen LogP contribution in [-0.2, 0) is 0 Å². The number of furan rings is 1. The average Bonchev–Trinajstić information content (AvgIpc) is 2.87. The quantitative estimate of drug-likeness (QED) is 0.765. The molecule has 0 amide bonds. The van der Waals surface area contributed by atoms with Gasteiger partial charge in [0.15, 0.2) is 0 Å². The van der Waals surface area contributed by atoms with Crippen molar-refractivity contribution in [3.05, 3.63) is 70.7 Å². The summed E-state index contributed by atoms with van der Waals surface area (Å²) in [4.78, 5) is 0. The lowest BCUT2D eigenvalue weighted by atomic mass is 9.99. The number of benzene rings is 2. The van der Waals surface area contributed by atoms with E-state index in [4.69, 9.17) is 4.42 Å². The van der Waals surface area contributed by atoms with Crippen LogP contribution < -0.4 is 5.32 Å². The normalized spacial score (nSPS) is 12.8. The molecule has 1 heterocycles. The van der Waals surface area contributed by atoms with Crippen molar-refractivity contribution < 1.29 is 8.81 Å². The molecule has 0 fully saturated rings. The van der Waals surface area contributed by atoms with Crippen LogP contribution in [0.2, 0.25) is 0 Å². The van der Waals surface area contributed by atoms with Crippen LogP contribution in [0.3, 0.4) is 0 Å². The van der Waals surface area contributed by atoms with Gasteiger partial charge in [-0.2, -0.15) is 0 Å². The van der Waals surface area contributed by atoms with Crippen LogP contribution >= 0.6 is 0 Å². The third-order valence-corrected chi connectivity index (χ3v) is 3.88. The summed E-state index contributed by atoms with van der Waals surface area (Å²) in [5.41, 5.74) is 3.96. The first-order chi connectivity index (χ1) is 10.1. The number of rotatable bonds is 3. The smallest absolute Gasteiger partial charge is 0.137 e. The van der Waals surface area contributed by atoms with Gasteiger partial charge in [-0.15, -0.1) is 0 Å². The SMILES string of the molecule is CNC(c1cc2cccc(C)c2o1)c1ccc(F)cc1C. The molecule has 3 aromatic rings. The monoisotopic (exact) mass is 283 g/mol. The highest BCUT2D eigenvalue weighted by molar-refractivity contribution is 5.81. The number of halogens is 1. The van der Waals surface area contributed by atoms with E-state index >= 15 is 0 Å². The minimum atomic E-state index is -0.216. The van der Waals surface area contributed by atoms with E-state index in [1.54, 1.807) is 6.07 Å². The molecular formula is C18H18FNO. The number of fused-ring (bicyclic) bond motifs is 1. The van der Waals surface area contributed by atoms with Crippen LogP contribution in [0.5, 0.6) is 0 Å². The molecule has 108 valence electrons. The zero-order chi connectivity index (χ0) is 15.0. The van der Waals surface area contributed by atoms with Crippen molar-refractivity contribution in [2.45, 2.75) is 19.9 Å². The van der Waals surface area contributed by atoms with Crippen molar-refractivity contribution >= 4 is 11.0 Å². The molecular weight excluding hydrogens is 265 g/mol. The molecule has 1 N–H and O–H groups in total. The van der Waals surface area contributed by atoms with Gasteiger partial charge in [0.05, 0.1) is 6.04 Å². The minimum absolute atomic E-state index is 0.0857. The molecule has 0 radical (unpaired) electrons. The molecule has 1 atom stereocenters. The molecule has 0 saturated heterocycles. The molecule has 0 aliphatic heterocycles.